The Morgan fingerprint density at radius 2 is 1.76 bits per heavy atom. The molecule has 0 atom stereocenters. The van der Waals surface area contributed by atoms with Crippen LogP contribution in [0.3, 0.4) is 0 Å². The van der Waals surface area contributed by atoms with Gasteiger partial charge >= 0.3 is 0 Å². The Hall–Kier alpha value is -1.76. The standard InChI is InChI=1S/C21H23Cl2N3O2S/c22-16-3-6-18(7-4-16)29-13-1-2-20(27)26-11-9-15(10-12-26)21(28)25-19-8-5-17(23)14-24-19/h3-8,14-15H,1-2,9-13H2,(H,24,25,28). The quantitative estimate of drug-likeness (QED) is 0.467. The van der Waals surface area contributed by atoms with E-state index in [1.165, 1.54) is 6.20 Å². The number of amides is 2. The molecule has 0 saturated carbocycles. The smallest absolute Gasteiger partial charge is 0.228 e. The summed E-state index contributed by atoms with van der Waals surface area (Å²) >= 11 is 13.4. The van der Waals surface area contributed by atoms with E-state index in [1.807, 2.05) is 29.2 Å². The van der Waals surface area contributed by atoms with E-state index in [2.05, 4.69) is 10.3 Å². The van der Waals surface area contributed by atoms with E-state index < -0.39 is 0 Å². The van der Waals surface area contributed by atoms with E-state index in [1.54, 1.807) is 23.9 Å². The molecule has 1 aromatic heterocycles. The summed E-state index contributed by atoms with van der Waals surface area (Å²) in [6.07, 6.45) is 4.21. The molecule has 5 nitrogen and oxygen atoms in total. The second kappa shape index (κ2) is 10.9. The molecule has 0 unspecified atom stereocenters. The molecule has 3 rings (SSSR count). The van der Waals surface area contributed by atoms with Gasteiger partial charge in [-0.1, -0.05) is 23.2 Å². The third-order valence-corrected chi connectivity index (χ3v) is 6.39. The fourth-order valence-electron chi connectivity index (χ4n) is 3.17. The number of halogens is 2. The zero-order chi connectivity index (χ0) is 20.6. The Bertz CT molecular complexity index is 823. The summed E-state index contributed by atoms with van der Waals surface area (Å²) in [4.78, 5) is 31.9. The van der Waals surface area contributed by atoms with E-state index in [-0.39, 0.29) is 17.7 Å². The molecule has 2 aromatic rings. The molecule has 1 N–H and O–H groups in total. The second-order valence-corrected chi connectivity index (χ2v) is 8.95. The first-order chi connectivity index (χ1) is 14.0. The highest BCUT2D eigenvalue weighted by atomic mass is 35.5. The van der Waals surface area contributed by atoms with Gasteiger partial charge < -0.3 is 10.2 Å². The van der Waals surface area contributed by atoms with Crippen LogP contribution in [0, 0.1) is 5.92 Å². The van der Waals surface area contributed by atoms with Gasteiger partial charge in [-0.3, -0.25) is 9.59 Å². The minimum absolute atomic E-state index is 0.0497. The maximum atomic E-state index is 12.4. The van der Waals surface area contributed by atoms with E-state index in [0.29, 0.717) is 43.2 Å². The van der Waals surface area contributed by atoms with Crippen LogP contribution in [-0.2, 0) is 9.59 Å². The van der Waals surface area contributed by atoms with Crippen LogP contribution in [0.15, 0.2) is 47.5 Å². The molecule has 2 amide bonds. The zero-order valence-corrected chi connectivity index (χ0v) is 18.3. The van der Waals surface area contributed by atoms with Gasteiger partial charge in [0.05, 0.1) is 5.02 Å². The number of hydrogen-bond donors (Lipinski definition) is 1. The van der Waals surface area contributed by atoms with E-state index in [9.17, 15) is 9.59 Å². The van der Waals surface area contributed by atoms with Gasteiger partial charge in [0.25, 0.3) is 0 Å². The van der Waals surface area contributed by atoms with Crippen molar-refractivity contribution in [1.82, 2.24) is 9.88 Å². The summed E-state index contributed by atoms with van der Waals surface area (Å²) < 4.78 is 0. The lowest BCUT2D eigenvalue weighted by atomic mass is 9.95. The minimum atomic E-state index is -0.100. The lowest BCUT2D eigenvalue weighted by molar-refractivity contribution is -0.134. The van der Waals surface area contributed by atoms with Crippen molar-refractivity contribution >= 4 is 52.6 Å². The number of pyridine rings is 1. The van der Waals surface area contributed by atoms with Gasteiger partial charge in [0.1, 0.15) is 5.82 Å². The highest BCUT2D eigenvalue weighted by Crippen LogP contribution is 2.23. The van der Waals surface area contributed by atoms with E-state index in [4.69, 9.17) is 23.2 Å². The predicted octanol–water partition coefficient (Wildman–Crippen LogP) is 5.14. The van der Waals surface area contributed by atoms with Gasteiger partial charge in [-0.15, -0.1) is 11.8 Å². The number of nitrogens with one attached hydrogen (secondary N) is 1. The predicted molar refractivity (Wildman–Crippen MR) is 119 cm³/mol. The molecule has 0 bridgehead atoms. The number of likely N-dealkylation sites (tertiary alicyclic amines) is 1. The van der Waals surface area contributed by atoms with Crippen LogP contribution in [-0.4, -0.2) is 40.5 Å². The third kappa shape index (κ3) is 6.91. The zero-order valence-electron chi connectivity index (χ0n) is 15.9. The highest BCUT2D eigenvalue weighted by molar-refractivity contribution is 7.99. The number of aromatic nitrogens is 1. The molecule has 0 spiro atoms. The minimum Gasteiger partial charge on any atom is -0.343 e. The van der Waals surface area contributed by atoms with Crippen molar-refractivity contribution in [2.45, 2.75) is 30.6 Å². The number of anilines is 1. The van der Waals surface area contributed by atoms with Crippen molar-refractivity contribution in [2.75, 3.05) is 24.2 Å². The van der Waals surface area contributed by atoms with Crippen molar-refractivity contribution in [1.29, 1.82) is 0 Å². The van der Waals surface area contributed by atoms with Gasteiger partial charge in [-0.2, -0.15) is 0 Å². The van der Waals surface area contributed by atoms with E-state index in [0.717, 1.165) is 22.1 Å². The first-order valence-electron chi connectivity index (χ1n) is 9.60. The monoisotopic (exact) mass is 451 g/mol. The second-order valence-electron chi connectivity index (χ2n) is 6.91. The number of nitrogens with zero attached hydrogens (tertiary/aromatic N) is 2. The Morgan fingerprint density at radius 1 is 1.07 bits per heavy atom. The van der Waals surface area contributed by atoms with Crippen LogP contribution in [0.25, 0.3) is 0 Å². The summed E-state index contributed by atoms with van der Waals surface area (Å²) in [7, 11) is 0. The summed E-state index contributed by atoms with van der Waals surface area (Å²) in [5, 5.41) is 4.08. The number of rotatable bonds is 7. The summed E-state index contributed by atoms with van der Waals surface area (Å²) in [5.74, 6) is 1.40. The number of hydrogen-bond acceptors (Lipinski definition) is 4. The number of benzene rings is 1. The summed E-state index contributed by atoms with van der Waals surface area (Å²) in [6, 6.07) is 11.1. The topological polar surface area (TPSA) is 62.3 Å². The summed E-state index contributed by atoms with van der Waals surface area (Å²) in [6.45, 7) is 1.24. The van der Waals surface area contributed by atoms with Crippen LogP contribution in [0.5, 0.6) is 0 Å². The Kier molecular flexibility index (Phi) is 8.21. The Labute approximate surface area is 185 Å². The van der Waals surface area contributed by atoms with Gasteiger partial charge in [-0.05, 0) is 61.4 Å². The molecule has 2 heterocycles. The molecule has 8 heteroatoms. The molecular formula is C21H23Cl2N3O2S. The van der Waals surface area contributed by atoms with Gasteiger partial charge in [0, 0.05) is 41.5 Å². The fourth-order valence-corrected chi connectivity index (χ4v) is 4.26. The lowest BCUT2D eigenvalue weighted by Crippen LogP contribution is -2.41. The molecular weight excluding hydrogens is 429 g/mol. The van der Waals surface area contributed by atoms with Gasteiger partial charge in [0.2, 0.25) is 11.8 Å². The number of piperidine rings is 1. The van der Waals surface area contributed by atoms with Crippen LogP contribution < -0.4 is 5.32 Å². The lowest BCUT2D eigenvalue weighted by Gasteiger charge is -2.31. The van der Waals surface area contributed by atoms with Crippen LogP contribution >= 0.6 is 35.0 Å². The molecule has 1 aliphatic rings. The van der Waals surface area contributed by atoms with Crippen molar-refractivity contribution < 1.29 is 9.59 Å². The van der Waals surface area contributed by atoms with E-state index >= 15 is 0 Å². The molecule has 0 radical (unpaired) electrons. The fraction of sp³-hybridized carbons (Fsp3) is 0.381. The molecule has 154 valence electrons. The number of carbonyl (C=O) groups excluding carboxylic acids is 2. The molecule has 1 fully saturated rings. The Morgan fingerprint density at radius 3 is 2.41 bits per heavy atom. The van der Waals surface area contributed by atoms with Crippen LogP contribution in [0.2, 0.25) is 10.0 Å². The first kappa shape index (κ1) is 21.9. The maximum Gasteiger partial charge on any atom is 0.228 e. The summed E-state index contributed by atoms with van der Waals surface area (Å²) in [5.41, 5.74) is 0. The Balaban J connectivity index is 1.34. The van der Waals surface area contributed by atoms with Crippen molar-refractivity contribution in [3.63, 3.8) is 0 Å². The number of thioether (sulfide) groups is 1. The first-order valence-corrected chi connectivity index (χ1v) is 11.3. The normalized spacial score (nSPS) is 14.6. The molecule has 1 saturated heterocycles. The maximum absolute atomic E-state index is 12.4. The van der Waals surface area contributed by atoms with Gasteiger partial charge in [-0.25, -0.2) is 4.98 Å². The van der Waals surface area contributed by atoms with Crippen LogP contribution in [0.4, 0.5) is 5.82 Å². The van der Waals surface area contributed by atoms with Crippen molar-refractivity contribution in [2.24, 2.45) is 5.92 Å². The third-order valence-electron chi connectivity index (χ3n) is 4.81. The average molecular weight is 452 g/mol. The van der Waals surface area contributed by atoms with Gasteiger partial charge in [0.15, 0.2) is 0 Å². The number of carbonyl (C=O) groups is 2. The molecule has 0 aliphatic carbocycles. The molecule has 1 aromatic carbocycles. The largest absolute Gasteiger partial charge is 0.343 e. The van der Waals surface area contributed by atoms with Crippen molar-refractivity contribution in [3.8, 4) is 0 Å². The molecule has 1 aliphatic heterocycles. The SMILES string of the molecule is O=C(Nc1ccc(Cl)cn1)C1CCN(C(=O)CCCSc2ccc(Cl)cc2)CC1. The average Bonchev–Trinajstić information content (AvgIpc) is 2.74. The van der Waals surface area contributed by atoms with Crippen LogP contribution in [0.1, 0.15) is 25.7 Å². The molecule has 29 heavy (non-hydrogen) atoms. The highest BCUT2D eigenvalue weighted by Gasteiger charge is 2.27. The van der Waals surface area contributed by atoms with Crippen molar-refractivity contribution in [3.05, 3.63) is 52.6 Å².